The summed E-state index contributed by atoms with van der Waals surface area (Å²) in [6, 6.07) is 5.10. The lowest BCUT2D eigenvalue weighted by molar-refractivity contribution is 0.0693. The molecule has 0 aliphatic rings. The Morgan fingerprint density at radius 2 is 2.16 bits per heavy atom. The number of aromatic amines is 1. The van der Waals surface area contributed by atoms with Crippen LogP contribution in [0.2, 0.25) is 5.02 Å². The van der Waals surface area contributed by atoms with Gasteiger partial charge in [-0.15, -0.1) is 0 Å². The average molecular weight is 344 g/mol. The number of nitrogens with zero attached hydrogens (tertiary/aromatic N) is 1. The molecule has 0 amide bonds. The first kappa shape index (κ1) is 13.8. The highest BCUT2D eigenvalue weighted by Crippen LogP contribution is 2.28. The van der Waals surface area contributed by atoms with E-state index in [1.165, 1.54) is 6.92 Å². The molecule has 0 fully saturated rings. The van der Waals surface area contributed by atoms with Crippen LogP contribution >= 0.6 is 27.5 Å². The Hall–Kier alpha value is -1.66. The molecule has 19 heavy (non-hydrogen) atoms. The summed E-state index contributed by atoms with van der Waals surface area (Å²) in [6.07, 6.45) is 0. The molecular formula is C12H8BrClN2O3. The lowest BCUT2D eigenvalue weighted by atomic mass is 10.2. The first-order valence-corrected chi connectivity index (χ1v) is 6.37. The number of carboxylic acids is 1. The van der Waals surface area contributed by atoms with Crippen molar-refractivity contribution in [3.63, 3.8) is 0 Å². The van der Waals surface area contributed by atoms with Crippen LogP contribution in [-0.2, 0) is 0 Å². The number of aromatic carboxylic acids is 1. The van der Waals surface area contributed by atoms with Gasteiger partial charge < -0.3 is 10.1 Å². The van der Waals surface area contributed by atoms with E-state index in [9.17, 15) is 9.59 Å². The SMILES string of the molecule is Cc1nc(-c2cc(Br)ccc2Cl)[nH]c(=O)c1C(=O)O. The number of halogens is 2. The van der Waals surface area contributed by atoms with E-state index in [0.29, 0.717) is 10.6 Å². The number of aromatic nitrogens is 2. The molecule has 0 bridgehead atoms. The first-order valence-electron chi connectivity index (χ1n) is 5.20. The molecule has 0 saturated heterocycles. The van der Waals surface area contributed by atoms with Gasteiger partial charge >= 0.3 is 5.97 Å². The standard InChI is InChI=1S/C12H8BrClN2O3/c1-5-9(12(18)19)11(17)16-10(15-5)7-4-6(13)2-3-8(7)14/h2-4H,1H3,(H,18,19)(H,15,16,17). The van der Waals surface area contributed by atoms with Crippen LogP contribution in [0.4, 0.5) is 0 Å². The fourth-order valence-electron chi connectivity index (χ4n) is 1.64. The van der Waals surface area contributed by atoms with E-state index in [1.54, 1.807) is 18.2 Å². The van der Waals surface area contributed by atoms with Crippen LogP contribution in [0.1, 0.15) is 16.1 Å². The quantitative estimate of drug-likeness (QED) is 0.878. The van der Waals surface area contributed by atoms with E-state index in [4.69, 9.17) is 16.7 Å². The highest BCUT2D eigenvalue weighted by molar-refractivity contribution is 9.10. The molecule has 0 unspecified atom stereocenters. The largest absolute Gasteiger partial charge is 0.477 e. The Morgan fingerprint density at radius 1 is 1.47 bits per heavy atom. The summed E-state index contributed by atoms with van der Waals surface area (Å²) < 4.78 is 0.773. The minimum atomic E-state index is -1.31. The topological polar surface area (TPSA) is 83.0 Å². The zero-order valence-electron chi connectivity index (χ0n) is 9.70. The van der Waals surface area contributed by atoms with Crippen molar-refractivity contribution in [3.05, 3.63) is 49.3 Å². The Morgan fingerprint density at radius 3 is 2.74 bits per heavy atom. The first-order chi connectivity index (χ1) is 8.90. The smallest absolute Gasteiger partial charge is 0.343 e. The van der Waals surface area contributed by atoms with Gasteiger partial charge in [0.05, 0.1) is 10.7 Å². The highest BCUT2D eigenvalue weighted by Gasteiger charge is 2.16. The minimum absolute atomic E-state index is 0.141. The average Bonchev–Trinajstić information content (AvgIpc) is 2.30. The van der Waals surface area contributed by atoms with Gasteiger partial charge in [0.25, 0.3) is 5.56 Å². The molecule has 0 aliphatic carbocycles. The Balaban J connectivity index is 2.68. The molecule has 0 aliphatic heterocycles. The van der Waals surface area contributed by atoms with Crippen molar-refractivity contribution in [1.82, 2.24) is 9.97 Å². The Kier molecular flexibility index (Phi) is 3.73. The van der Waals surface area contributed by atoms with Gasteiger partial charge in [-0.3, -0.25) is 4.79 Å². The van der Waals surface area contributed by atoms with Crippen molar-refractivity contribution in [2.75, 3.05) is 0 Å². The third kappa shape index (κ3) is 2.69. The van der Waals surface area contributed by atoms with Gasteiger partial charge in [-0.2, -0.15) is 0 Å². The number of hydrogen-bond acceptors (Lipinski definition) is 3. The highest BCUT2D eigenvalue weighted by atomic mass is 79.9. The minimum Gasteiger partial charge on any atom is -0.477 e. The number of aryl methyl sites for hydroxylation is 1. The van der Waals surface area contributed by atoms with Gasteiger partial charge in [0.2, 0.25) is 0 Å². The molecule has 2 N–H and O–H groups in total. The van der Waals surface area contributed by atoms with Gasteiger partial charge in [-0.25, -0.2) is 9.78 Å². The number of hydrogen-bond donors (Lipinski definition) is 2. The molecular weight excluding hydrogens is 336 g/mol. The van der Waals surface area contributed by atoms with Crippen LogP contribution in [0.3, 0.4) is 0 Å². The molecule has 2 aromatic rings. The summed E-state index contributed by atoms with van der Waals surface area (Å²) >= 11 is 9.33. The van der Waals surface area contributed by atoms with Gasteiger partial charge in [-0.05, 0) is 25.1 Å². The maximum atomic E-state index is 11.7. The Labute approximate surface area is 121 Å². The molecule has 1 aromatic heterocycles. The maximum absolute atomic E-state index is 11.7. The maximum Gasteiger partial charge on any atom is 0.343 e. The van der Waals surface area contributed by atoms with Crippen LogP contribution < -0.4 is 5.56 Å². The van der Waals surface area contributed by atoms with E-state index in [2.05, 4.69) is 25.9 Å². The van der Waals surface area contributed by atoms with E-state index in [-0.39, 0.29) is 17.1 Å². The fraction of sp³-hybridized carbons (Fsp3) is 0.0833. The van der Waals surface area contributed by atoms with Crippen LogP contribution in [0.5, 0.6) is 0 Å². The lowest BCUT2D eigenvalue weighted by Crippen LogP contribution is -2.21. The summed E-state index contributed by atoms with van der Waals surface area (Å²) in [4.78, 5) is 29.2. The van der Waals surface area contributed by atoms with Crippen molar-refractivity contribution in [1.29, 1.82) is 0 Å². The Bertz CT molecular complexity index is 727. The van der Waals surface area contributed by atoms with Crippen LogP contribution in [-0.4, -0.2) is 21.0 Å². The van der Waals surface area contributed by atoms with Gasteiger partial charge in [-0.1, -0.05) is 27.5 Å². The molecule has 2 rings (SSSR count). The van der Waals surface area contributed by atoms with Gasteiger partial charge in [0, 0.05) is 10.0 Å². The number of H-pyrrole nitrogens is 1. The lowest BCUT2D eigenvalue weighted by Gasteiger charge is -2.06. The second-order valence-corrected chi connectivity index (χ2v) is 5.13. The van der Waals surface area contributed by atoms with Gasteiger partial charge in [0.15, 0.2) is 0 Å². The van der Waals surface area contributed by atoms with Crippen molar-refractivity contribution >= 4 is 33.5 Å². The van der Waals surface area contributed by atoms with Crippen molar-refractivity contribution in [2.45, 2.75) is 6.92 Å². The number of carboxylic acid groups (broad SMARTS) is 1. The van der Waals surface area contributed by atoms with E-state index in [1.807, 2.05) is 0 Å². The third-order valence-corrected chi connectivity index (χ3v) is 3.32. The van der Waals surface area contributed by atoms with E-state index in [0.717, 1.165) is 4.47 Å². The van der Waals surface area contributed by atoms with E-state index >= 15 is 0 Å². The summed E-state index contributed by atoms with van der Waals surface area (Å²) in [5.41, 5.74) is -0.406. The molecule has 5 nitrogen and oxygen atoms in total. The van der Waals surface area contributed by atoms with Gasteiger partial charge in [0.1, 0.15) is 11.4 Å². The molecule has 1 heterocycles. The van der Waals surface area contributed by atoms with Crippen LogP contribution in [0.25, 0.3) is 11.4 Å². The van der Waals surface area contributed by atoms with Crippen molar-refractivity contribution < 1.29 is 9.90 Å². The predicted octanol–water partition coefficient (Wildman–Crippen LogP) is 2.86. The van der Waals surface area contributed by atoms with Crippen LogP contribution in [0, 0.1) is 6.92 Å². The summed E-state index contributed by atoms with van der Waals surface area (Å²) in [6.45, 7) is 1.47. The van der Waals surface area contributed by atoms with Crippen molar-refractivity contribution in [3.8, 4) is 11.4 Å². The molecule has 0 radical (unpaired) electrons. The zero-order chi connectivity index (χ0) is 14.2. The monoisotopic (exact) mass is 342 g/mol. The second kappa shape index (κ2) is 5.14. The summed E-state index contributed by atoms with van der Waals surface area (Å²) in [5, 5.41) is 9.32. The number of carbonyl (C=O) groups is 1. The van der Waals surface area contributed by atoms with Crippen LogP contribution in [0.15, 0.2) is 27.5 Å². The summed E-state index contributed by atoms with van der Waals surface area (Å²) in [7, 11) is 0. The number of benzene rings is 1. The summed E-state index contributed by atoms with van der Waals surface area (Å²) in [5.74, 6) is -1.07. The number of rotatable bonds is 2. The predicted molar refractivity (Wildman–Crippen MR) is 74.7 cm³/mol. The second-order valence-electron chi connectivity index (χ2n) is 3.80. The molecule has 7 heteroatoms. The molecule has 0 spiro atoms. The van der Waals surface area contributed by atoms with Crippen molar-refractivity contribution in [2.24, 2.45) is 0 Å². The molecule has 0 atom stereocenters. The molecule has 1 aromatic carbocycles. The number of nitrogens with one attached hydrogen (secondary N) is 1. The normalized spacial score (nSPS) is 10.5. The van der Waals surface area contributed by atoms with E-state index < -0.39 is 11.5 Å². The third-order valence-electron chi connectivity index (χ3n) is 2.50. The zero-order valence-corrected chi connectivity index (χ0v) is 12.0. The molecule has 98 valence electrons. The molecule has 0 saturated carbocycles. The fourth-order valence-corrected chi connectivity index (χ4v) is 2.21.